The first-order chi connectivity index (χ1) is 7.52. The number of carbonyl (C=O) groups excluding carboxylic acids is 2. The Morgan fingerprint density at radius 1 is 1.56 bits per heavy atom. The lowest BCUT2D eigenvalue weighted by Crippen LogP contribution is -2.45. The number of hydrogen-bond donors (Lipinski definition) is 3. The summed E-state index contributed by atoms with van der Waals surface area (Å²) in [5.74, 6) is -1.44. The fourth-order valence-corrected chi connectivity index (χ4v) is 1.06. The number of hydrogen-bond acceptors (Lipinski definition) is 5. The molecule has 0 bridgehead atoms. The van der Waals surface area contributed by atoms with Crippen molar-refractivity contribution in [3.8, 4) is 0 Å². The van der Waals surface area contributed by atoms with Crippen molar-refractivity contribution in [2.45, 2.75) is 12.6 Å². The molecule has 1 aromatic heterocycles. The summed E-state index contributed by atoms with van der Waals surface area (Å²) in [6.45, 7) is 0. The van der Waals surface area contributed by atoms with Gasteiger partial charge in [0, 0.05) is 12.4 Å². The van der Waals surface area contributed by atoms with E-state index in [1.54, 1.807) is 6.07 Å². The molecule has 0 radical (unpaired) electrons. The molecule has 1 unspecified atom stereocenters. The van der Waals surface area contributed by atoms with Crippen molar-refractivity contribution in [1.29, 1.82) is 0 Å². The van der Waals surface area contributed by atoms with Crippen LogP contribution in [0.3, 0.4) is 0 Å². The van der Waals surface area contributed by atoms with Crippen molar-refractivity contribution >= 4 is 11.8 Å². The van der Waals surface area contributed by atoms with Gasteiger partial charge in [0.2, 0.25) is 5.91 Å². The smallest absolute Gasteiger partial charge is 0.280 e. The molecule has 0 saturated carbocycles. The molecule has 1 heterocycles. The minimum Gasteiger partial charge on any atom is -0.370 e. The first-order valence-corrected chi connectivity index (χ1v) is 4.48. The van der Waals surface area contributed by atoms with E-state index in [2.05, 4.69) is 4.98 Å². The predicted octanol–water partition coefficient (Wildman–Crippen LogP) is -0.927. The number of nitrogens with zero attached hydrogens (tertiary/aromatic N) is 2. The van der Waals surface area contributed by atoms with E-state index in [1.807, 2.05) is 0 Å². The Bertz CT molecular complexity index is 382. The molecule has 0 saturated heterocycles. The molecule has 5 N–H and O–H groups in total. The van der Waals surface area contributed by atoms with Gasteiger partial charge in [-0.1, -0.05) is 0 Å². The summed E-state index contributed by atoms with van der Waals surface area (Å²) >= 11 is 0. The van der Waals surface area contributed by atoms with Gasteiger partial charge in [-0.05, 0) is 12.1 Å². The van der Waals surface area contributed by atoms with E-state index >= 15 is 0 Å². The lowest BCUT2D eigenvalue weighted by Gasteiger charge is -2.20. The van der Waals surface area contributed by atoms with Gasteiger partial charge in [0.15, 0.2) is 0 Å². The molecule has 1 aromatic rings. The molecule has 1 rings (SSSR count). The van der Waals surface area contributed by atoms with Crippen molar-refractivity contribution in [3.63, 3.8) is 0 Å². The topological polar surface area (TPSA) is 123 Å². The number of amides is 2. The van der Waals surface area contributed by atoms with E-state index in [9.17, 15) is 14.8 Å². The highest BCUT2D eigenvalue weighted by Crippen LogP contribution is 2.04. The Balaban J connectivity index is 2.71. The standard InChI is InChI=1S/C9H12N4O3/c10-7(4-8(11)14)13(16)9(15)6-2-1-3-12-5-6/h1-3,5,7,16H,4,10H2,(H2,11,14). The summed E-state index contributed by atoms with van der Waals surface area (Å²) in [4.78, 5) is 25.8. The fraction of sp³-hybridized carbons (Fsp3) is 0.222. The summed E-state index contributed by atoms with van der Waals surface area (Å²) in [6.07, 6.45) is 1.29. The van der Waals surface area contributed by atoms with Gasteiger partial charge < -0.3 is 11.5 Å². The van der Waals surface area contributed by atoms with E-state index in [0.717, 1.165) is 0 Å². The number of carbonyl (C=O) groups is 2. The van der Waals surface area contributed by atoms with Gasteiger partial charge in [0.25, 0.3) is 5.91 Å². The summed E-state index contributed by atoms with van der Waals surface area (Å²) in [7, 11) is 0. The van der Waals surface area contributed by atoms with Crippen LogP contribution in [0.2, 0.25) is 0 Å². The van der Waals surface area contributed by atoms with Crippen LogP contribution in [-0.4, -0.2) is 33.2 Å². The second-order valence-electron chi connectivity index (χ2n) is 3.13. The maximum Gasteiger partial charge on any atom is 0.280 e. The van der Waals surface area contributed by atoms with Crippen LogP contribution in [0.25, 0.3) is 0 Å². The number of primary amides is 1. The SMILES string of the molecule is NC(=O)CC(N)N(O)C(=O)c1cccnc1. The zero-order valence-electron chi connectivity index (χ0n) is 8.41. The van der Waals surface area contributed by atoms with E-state index in [-0.39, 0.29) is 17.0 Å². The van der Waals surface area contributed by atoms with Crippen LogP contribution < -0.4 is 11.5 Å². The Hall–Kier alpha value is -1.99. The Labute approximate surface area is 91.6 Å². The molecule has 0 fully saturated rings. The molecule has 0 aliphatic heterocycles. The van der Waals surface area contributed by atoms with Gasteiger partial charge in [-0.3, -0.25) is 19.8 Å². The van der Waals surface area contributed by atoms with Crippen molar-refractivity contribution in [2.75, 3.05) is 0 Å². The van der Waals surface area contributed by atoms with Crippen LogP contribution in [0.15, 0.2) is 24.5 Å². The first kappa shape index (κ1) is 12.1. The van der Waals surface area contributed by atoms with Crippen molar-refractivity contribution in [3.05, 3.63) is 30.1 Å². The van der Waals surface area contributed by atoms with E-state index in [4.69, 9.17) is 11.5 Å². The van der Waals surface area contributed by atoms with Crippen LogP contribution in [-0.2, 0) is 4.79 Å². The zero-order valence-corrected chi connectivity index (χ0v) is 8.41. The number of aromatic nitrogens is 1. The van der Waals surface area contributed by atoms with E-state index < -0.39 is 18.0 Å². The van der Waals surface area contributed by atoms with Gasteiger partial charge in [-0.15, -0.1) is 0 Å². The third-order valence-electron chi connectivity index (χ3n) is 1.84. The Morgan fingerprint density at radius 2 is 2.25 bits per heavy atom. The zero-order chi connectivity index (χ0) is 12.1. The highest BCUT2D eigenvalue weighted by Gasteiger charge is 2.21. The van der Waals surface area contributed by atoms with Gasteiger partial charge in [-0.2, -0.15) is 0 Å². The molecule has 0 aromatic carbocycles. The van der Waals surface area contributed by atoms with Crippen LogP contribution in [0.5, 0.6) is 0 Å². The molecule has 0 aliphatic rings. The Morgan fingerprint density at radius 3 is 2.75 bits per heavy atom. The summed E-state index contributed by atoms with van der Waals surface area (Å²) < 4.78 is 0. The van der Waals surface area contributed by atoms with Crippen molar-refractivity contribution < 1.29 is 14.8 Å². The number of rotatable bonds is 4. The molecule has 7 heteroatoms. The third-order valence-corrected chi connectivity index (χ3v) is 1.84. The minimum absolute atomic E-state index is 0.171. The molecule has 86 valence electrons. The fourth-order valence-electron chi connectivity index (χ4n) is 1.06. The molecule has 1 atom stereocenters. The molecule has 0 aliphatic carbocycles. The molecule has 0 spiro atoms. The quantitative estimate of drug-likeness (QED) is 0.346. The normalized spacial score (nSPS) is 11.9. The maximum atomic E-state index is 11.6. The van der Waals surface area contributed by atoms with Crippen LogP contribution in [0, 0.1) is 0 Å². The molecule has 2 amide bonds. The average Bonchev–Trinajstić information content (AvgIpc) is 2.27. The molecule has 16 heavy (non-hydrogen) atoms. The largest absolute Gasteiger partial charge is 0.370 e. The number of hydroxylamine groups is 2. The third kappa shape index (κ3) is 3.01. The second kappa shape index (κ2) is 5.19. The predicted molar refractivity (Wildman–Crippen MR) is 54.0 cm³/mol. The average molecular weight is 224 g/mol. The van der Waals surface area contributed by atoms with Gasteiger partial charge >= 0.3 is 0 Å². The highest BCUT2D eigenvalue weighted by atomic mass is 16.5. The Kier molecular flexibility index (Phi) is 3.92. The molecular weight excluding hydrogens is 212 g/mol. The highest BCUT2D eigenvalue weighted by molar-refractivity contribution is 5.93. The van der Waals surface area contributed by atoms with Crippen LogP contribution >= 0.6 is 0 Å². The van der Waals surface area contributed by atoms with E-state index in [1.165, 1.54) is 18.5 Å². The van der Waals surface area contributed by atoms with E-state index in [0.29, 0.717) is 0 Å². The lowest BCUT2D eigenvalue weighted by atomic mass is 10.2. The van der Waals surface area contributed by atoms with Crippen LogP contribution in [0.1, 0.15) is 16.8 Å². The lowest BCUT2D eigenvalue weighted by molar-refractivity contribution is -0.125. The summed E-state index contributed by atoms with van der Waals surface area (Å²) in [5.41, 5.74) is 10.5. The van der Waals surface area contributed by atoms with Gasteiger partial charge in [0.1, 0.15) is 6.17 Å². The van der Waals surface area contributed by atoms with Crippen molar-refractivity contribution in [2.24, 2.45) is 11.5 Å². The number of nitrogens with two attached hydrogens (primary N) is 2. The van der Waals surface area contributed by atoms with Gasteiger partial charge in [0.05, 0.1) is 12.0 Å². The minimum atomic E-state index is -1.16. The second-order valence-corrected chi connectivity index (χ2v) is 3.13. The first-order valence-electron chi connectivity index (χ1n) is 4.48. The summed E-state index contributed by atoms with van der Waals surface area (Å²) in [6, 6.07) is 3.01. The molecule has 7 nitrogen and oxygen atoms in total. The summed E-state index contributed by atoms with van der Waals surface area (Å²) in [5, 5.41) is 9.68. The van der Waals surface area contributed by atoms with Crippen LogP contribution in [0.4, 0.5) is 0 Å². The van der Waals surface area contributed by atoms with Gasteiger partial charge in [-0.25, -0.2) is 5.06 Å². The number of pyridine rings is 1. The van der Waals surface area contributed by atoms with Crippen molar-refractivity contribution in [1.82, 2.24) is 10.0 Å². The maximum absolute atomic E-state index is 11.6. The molecular formula is C9H12N4O3. The monoisotopic (exact) mass is 224 g/mol.